The van der Waals surface area contributed by atoms with Crippen LogP contribution in [-0.4, -0.2) is 6.61 Å². The number of ether oxygens (including phenoxy) is 1. The molecule has 0 radical (unpaired) electrons. The van der Waals surface area contributed by atoms with E-state index in [-0.39, 0.29) is 5.82 Å². The lowest BCUT2D eigenvalue weighted by Gasteiger charge is -2.28. The predicted molar refractivity (Wildman–Crippen MR) is 54.1 cm³/mol. The average molecular weight is 194 g/mol. The van der Waals surface area contributed by atoms with E-state index in [0.717, 1.165) is 12.0 Å². The Hall–Kier alpha value is -1.05. The minimum Gasteiger partial charge on any atom is -0.490 e. The number of benzene rings is 1. The van der Waals surface area contributed by atoms with Crippen molar-refractivity contribution in [3.63, 3.8) is 0 Å². The number of halogens is 1. The van der Waals surface area contributed by atoms with Gasteiger partial charge in [0.15, 0.2) is 11.6 Å². The van der Waals surface area contributed by atoms with Gasteiger partial charge in [0.1, 0.15) is 0 Å². The third-order valence-corrected chi connectivity index (χ3v) is 2.88. The molecule has 0 bridgehead atoms. The number of hydrogen-bond donors (Lipinski definition) is 0. The summed E-state index contributed by atoms with van der Waals surface area (Å²) in [5.74, 6) is 1.22. The van der Waals surface area contributed by atoms with E-state index in [9.17, 15) is 4.39 Å². The van der Waals surface area contributed by atoms with Crippen molar-refractivity contribution < 1.29 is 9.13 Å². The van der Waals surface area contributed by atoms with Crippen LogP contribution in [0.3, 0.4) is 0 Å². The van der Waals surface area contributed by atoms with Crippen molar-refractivity contribution in [3.05, 3.63) is 29.6 Å². The third kappa shape index (κ3) is 1.49. The highest BCUT2D eigenvalue weighted by atomic mass is 19.1. The van der Waals surface area contributed by atoms with Gasteiger partial charge in [-0.1, -0.05) is 26.0 Å². The molecule has 0 saturated heterocycles. The van der Waals surface area contributed by atoms with Crippen LogP contribution in [0.4, 0.5) is 4.39 Å². The molecule has 1 aromatic rings. The maximum Gasteiger partial charge on any atom is 0.165 e. The molecule has 1 aliphatic heterocycles. The van der Waals surface area contributed by atoms with Crippen LogP contribution in [0.25, 0.3) is 0 Å². The largest absolute Gasteiger partial charge is 0.490 e. The second kappa shape index (κ2) is 3.60. The number of fused-ring (bicyclic) bond motifs is 1. The van der Waals surface area contributed by atoms with E-state index in [4.69, 9.17) is 4.74 Å². The van der Waals surface area contributed by atoms with Crippen molar-refractivity contribution in [1.29, 1.82) is 0 Å². The molecular formula is C12H15FO. The normalized spacial score (nSPS) is 20.4. The molecular weight excluding hydrogens is 179 g/mol. The summed E-state index contributed by atoms with van der Waals surface area (Å²) in [6.07, 6.45) is 0.994. The van der Waals surface area contributed by atoms with Gasteiger partial charge in [-0.05, 0) is 24.3 Å². The Balaban J connectivity index is 2.44. The molecule has 1 aliphatic rings. The zero-order valence-corrected chi connectivity index (χ0v) is 8.59. The molecule has 0 fully saturated rings. The highest BCUT2D eigenvalue weighted by Gasteiger charge is 2.25. The van der Waals surface area contributed by atoms with Crippen molar-refractivity contribution in [3.8, 4) is 5.75 Å². The summed E-state index contributed by atoms with van der Waals surface area (Å²) in [4.78, 5) is 0. The summed E-state index contributed by atoms with van der Waals surface area (Å²) in [6, 6.07) is 5.20. The first-order valence-corrected chi connectivity index (χ1v) is 5.11. The topological polar surface area (TPSA) is 9.23 Å². The summed E-state index contributed by atoms with van der Waals surface area (Å²) in [5.41, 5.74) is 1.03. The standard InChI is InChI=1S/C12H15FO/c1-8(2)9-6-7-14-12-10(9)4-3-5-11(12)13/h3-5,8-9H,6-7H2,1-2H3/t9-/m1/s1. The van der Waals surface area contributed by atoms with E-state index in [0.29, 0.717) is 24.2 Å². The van der Waals surface area contributed by atoms with Crippen molar-refractivity contribution in [2.75, 3.05) is 6.61 Å². The van der Waals surface area contributed by atoms with Crippen LogP contribution in [0.15, 0.2) is 18.2 Å². The third-order valence-electron chi connectivity index (χ3n) is 2.88. The van der Waals surface area contributed by atoms with E-state index in [1.807, 2.05) is 6.07 Å². The quantitative estimate of drug-likeness (QED) is 0.666. The maximum atomic E-state index is 13.4. The van der Waals surface area contributed by atoms with E-state index < -0.39 is 0 Å². The lowest BCUT2D eigenvalue weighted by atomic mass is 9.84. The molecule has 0 aliphatic carbocycles. The lowest BCUT2D eigenvalue weighted by Crippen LogP contribution is -2.18. The van der Waals surface area contributed by atoms with Gasteiger partial charge in [0.05, 0.1) is 6.61 Å². The molecule has 0 amide bonds. The van der Waals surface area contributed by atoms with Crippen LogP contribution in [0.5, 0.6) is 5.75 Å². The van der Waals surface area contributed by atoms with Gasteiger partial charge in [-0.15, -0.1) is 0 Å². The molecule has 14 heavy (non-hydrogen) atoms. The molecule has 76 valence electrons. The molecule has 1 atom stereocenters. The first-order chi connectivity index (χ1) is 6.70. The molecule has 0 N–H and O–H groups in total. The van der Waals surface area contributed by atoms with E-state index in [1.54, 1.807) is 6.07 Å². The Morgan fingerprint density at radius 1 is 1.43 bits per heavy atom. The molecule has 0 aromatic heterocycles. The van der Waals surface area contributed by atoms with Gasteiger partial charge in [-0.2, -0.15) is 0 Å². The fourth-order valence-corrected chi connectivity index (χ4v) is 2.11. The van der Waals surface area contributed by atoms with Crippen LogP contribution in [0, 0.1) is 11.7 Å². The fraction of sp³-hybridized carbons (Fsp3) is 0.500. The monoisotopic (exact) mass is 194 g/mol. The summed E-state index contributed by atoms with van der Waals surface area (Å²) in [6.45, 7) is 4.98. The Morgan fingerprint density at radius 2 is 2.21 bits per heavy atom. The van der Waals surface area contributed by atoms with Crippen molar-refractivity contribution in [2.45, 2.75) is 26.2 Å². The summed E-state index contributed by atoms with van der Waals surface area (Å²) in [7, 11) is 0. The van der Waals surface area contributed by atoms with Crippen LogP contribution in [-0.2, 0) is 0 Å². The Kier molecular flexibility index (Phi) is 2.44. The van der Waals surface area contributed by atoms with Crippen molar-refractivity contribution in [1.82, 2.24) is 0 Å². The van der Waals surface area contributed by atoms with E-state index in [2.05, 4.69) is 13.8 Å². The number of para-hydroxylation sites is 1. The first-order valence-electron chi connectivity index (χ1n) is 5.11. The maximum absolute atomic E-state index is 13.4. The van der Waals surface area contributed by atoms with Gasteiger partial charge in [-0.3, -0.25) is 0 Å². The Labute approximate surface area is 83.9 Å². The van der Waals surface area contributed by atoms with Crippen LogP contribution < -0.4 is 4.74 Å². The zero-order chi connectivity index (χ0) is 10.1. The van der Waals surface area contributed by atoms with Gasteiger partial charge in [0, 0.05) is 5.56 Å². The van der Waals surface area contributed by atoms with Crippen LogP contribution in [0.2, 0.25) is 0 Å². The highest BCUT2D eigenvalue weighted by molar-refractivity contribution is 5.39. The summed E-state index contributed by atoms with van der Waals surface area (Å²) >= 11 is 0. The van der Waals surface area contributed by atoms with Crippen molar-refractivity contribution in [2.24, 2.45) is 5.92 Å². The lowest BCUT2D eigenvalue weighted by molar-refractivity contribution is 0.236. The molecule has 2 rings (SSSR count). The molecule has 0 spiro atoms. The second-order valence-electron chi connectivity index (χ2n) is 4.15. The van der Waals surface area contributed by atoms with Gasteiger partial charge >= 0.3 is 0 Å². The average Bonchev–Trinajstić information content (AvgIpc) is 2.17. The SMILES string of the molecule is CC(C)[C@H]1CCOc2c(F)cccc21. The van der Waals surface area contributed by atoms with Crippen molar-refractivity contribution >= 4 is 0 Å². The van der Waals surface area contributed by atoms with Gasteiger partial charge < -0.3 is 4.74 Å². The zero-order valence-electron chi connectivity index (χ0n) is 8.59. The van der Waals surface area contributed by atoms with Gasteiger partial charge in [-0.25, -0.2) is 4.39 Å². The van der Waals surface area contributed by atoms with Gasteiger partial charge in [0.2, 0.25) is 0 Å². The summed E-state index contributed by atoms with van der Waals surface area (Å²) in [5, 5.41) is 0. The molecule has 1 heterocycles. The van der Waals surface area contributed by atoms with Crippen LogP contribution >= 0.6 is 0 Å². The van der Waals surface area contributed by atoms with Gasteiger partial charge in [0.25, 0.3) is 0 Å². The molecule has 0 unspecified atom stereocenters. The smallest absolute Gasteiger partial charge is 0.165 e. The molecule has 1 nitrogen and oxygen atoms in total. The molecule has 2 heteroatoms. The van der Waals surface area contributed by atoms with E-state index >= 15 is 0 Å². The minimum absolute atomic E-state index is 0.229. The number of rotatable bonds is 1. The summed E-state index contributed by atoms with van der Waals surface area (Å²) < 4.78 is 18.7. The van der Waals surface area contributed by atoms with E-state index in [1.165, 1.54) is 6.07 Å². The second-order valence-corrected chi connectivity index (χ2v) is 4.15. The number of hydrogen-bond acceptors (Lipinski definition) is 1. The molecule has 0 saturated carbocycles. The first kappa shape index (κ1) is 9.50. The minimum atomic E-state index is -0.229. The Bertz CT molecular complexity index is 333. The highest BCUT2D eigenvalue weighted by Crippen LogP contribution is 2.39. The van der Waals surface area contributed by atoms with Crippen LogP contribution in [0.1, 0.15) is 31.7 Å². The molecule has 1 aromatic carbocycles. The fourth-order valence-electron chi connectivity index (χ4n) is 2.11. The predicted octanol–water partition coefficient (Wildman–Crippen LogP) is 3.35. The Morgan fingerprint density at radius 3 is 2.93 bits per heavy atom.